The minimum Gasteiger partial charge on any atom is -0.490 e. The first-order chi connectivity index (χ1) is 13.4. The third-order valence-electron chi connectivity index (χ3n) is 4.26. The van der Waals surface area contributed by atoms with Gasteiger partial charge in [-0.05, 0) is 18.2 Å². The Kier molecular flexibility index (Phi) is 4.22. The number of nitrogens with one attached hydrogen (secondary N) is 1. The topological polar surface area (TPSA) is 99.3 Å². The Morgan fingerprint density at radius 3 is 2.71 bits per heavy atom. The molecule has 1 aromatic heterocycles. The monoisotopic (exact) mass is 386 g/mol. The van der Waals surface area contributed by atoms with Gasteiger partial charge < -0.3 is 10.1 Å². The van der Waals surface area contributed by atoms with E-state index in [9.17, 15) is 23.7 Å². The van der Waals surface area contributed by atoms with E-state index in [1.165, 1.54) is 41.2 Å². The molecule has 1 aliphatic heterocycles. The zero-order valence-corrected chi connectivity index (χ0v) is 14.1. The van der Waals surface area contributed by atoms with Crippen LogP contribution in [0, 0.1) is 21.7 Å². The van der Waals surface area contributed by atoms with Crippen LogP contribution in [0.25, 0.3) is 5.69 Å². The van der Waals surface area contributed by atoms with Gasteiger partial charge in [-0.15, -0.1) is 0 Å². The standard InChI is InChI=1S/C18H12F2N4O4/c19-10-7-13(20)17-15(9-28-16(17)8-10)21-18(25)14-5-6-23(22-14)11-1-3-12(4-2-11)24(26)27/h1-8,15H,9H2,(H,21,25)/t15-/m0/s1. The van der Waals surface area contributed by atoms with Gasteiger partial charge in [-0.2, -0.15) is 5.10 Å². The number of amides is 1. The summed E-state index contributed by atoms with van der Waals surface area (Å²) in [5.74, 6) is -2.07. The summed E-state index contributed by atoms with van der Waals surface area (Å²) in [6.45, 7) is -0.0233. The van der Waals surface area contributed by atoms with Gasteiger partial charge in [-0.3, -0.25) is 14.9 Å². The van der Waals surface area contributed by atoms with Crippen LogP contribution in [-0.2, 0) is 0 Å². The summed E-state index contributed by atoms with van der Waals surface area (Å²) in [7, 11) is 0. The molecule has 0 aliphatic carbocycles. The molecule has 4 rings (SSSR count). The Morgan fingerprint density at radius 2 is 2.00 bits per heavy atom. The van der Waals surface area contributed by atoms with Crippen molar-refractivity contribution >= 4 is 11.6 Å². The number of carbonyl (C=O) groups excluding carboxylic acids is 1. The van der Waals surface area contributed by atoms with Crippen molar-refractivity contribution in [3.8, 4) is 11.4 Å². The predicted molar refractivity (Wildman–Crippen MR) is 92.3 cm³/mol. The highest BCUT2D eigenvalue weighted by molar-refractivity contribution is 5.92. The fraction of sp³-hybridized carbons (Fsp3) is 0.111. The summed E-state index contributed by atoms with van der Waals surface area (Å²) >= 11 is 0. The Balaban J connectivity index is 1.51. The first kappa shape index (κ1) is 17.6. The van der Waals surface area contributed by atoms with Crippen LogP contribution in [0.5, 0.6) is 5.75 Å². The zero-order valence-electron chi connectivity index (χ0n) is 14.1. The van der Waals surface area contributed by atoms with E-state index >= 15 is 0 Å². The quantitative estimate of drug-likeness (QED) is 0.549. The highest BCUT2D eigenvalue weighted by Crippen LogP contribution is 2.35. The van der Waals surface area contributed by atoms with E-state index in [-0.39, 0.29) is 29.3 Å². The maximum Gasteiger partial charge on any atom is 0.272 e. The fourth-order valence-electron chi connectivity index (χ4n) is 2.94. The number of aromatic nitrogens is 2. The van der Waals surface area contributed by atoms with Crippen molar-refractivity contribution in [1.82, 2.24) is 15.1 Å². The highest BCUT2D eigenvalue weighted by Gasteiger charge is 2.30. The van der Waals surface area contributed by atoms with Crippen molar-refractivity contribution in [3.63, 3.8) is 0 Å². The molecule has 0 saturated carbocycles. The molecule has 10 heteroatoms. The number of hydrogen-bond acceptors (Lipinski definition) is 5. The molecule has 1 atom stereocenters. The molecule has 0 radical (unpaired) electrons. The minimum atomic E-state index is -0.797. The molecule has 2 heterocycles. The van der Waals surface area contributed by atoms with Crippen molar-refractivity contribution < 1.29 is 23.2 Å². The molecule has 8 nitrogen and oxygen atoms in total. The van der Waals surface area contributed by atoms with Crippen molar-refractivity contribution in [2.24, 2.45) is 0 Å². The largest absolute Gasteiger partial charge is 0.490 e. The van der Waals surface area contributed by atoms with E-state index in [2.05, 4.69) is 10.4 Å². The molecule has 0 unspecified atom stereocenters. The van der Waals surface area contributed by atoms with E-state index in [0.29, 0.717) is 5.69 Å². The lowest BCUT2D eigenvalue weighted by molar-refractivity contribution is -0.384. The van der Waals surface area contributed by atoms with Gasteiger partial charge in [0.15, 0.2) is 5.69 Å². The maximum atomic E-state index is 14.0. The van der Waals surface area contributed by atoms with E-state index in [1.807, 2.05) is 0 Å². The number of hydrogen-bond donors (Lipinski definition) is 1. The van der Waals surface area contributed by atoms with E-state index in [4.69, 9.17) is 4.74 Å². The second kappa shape index (κ2) is 6.72. The lowest BCUT2D eigenvalue weighted by Crippen LogP contribution is -2.30. The van der Waals surface area contributed by atoms with Gasteiger partial charge in [0, 0.05) is 30.5 Å². The summed E-state index contributed by atoms with van der Waals surface area (Å²) in [6, 6.07) is 8.12. The number of fused-ring (bicyclic) bond motifs is 1. The molecule has 0 bridgehead atoms. The molecule has 3 aromatic rings. The van der Waals surface area contributed by atoms with Crippen LogP contribution < -0.4 is 10.1 Å². The van der Waals surface area contributed by atoms with Crippen LogP contribution in [0.1, 0.15) is 22.1 Å². The van der Waals surface area contributed by atoms with Crippen LogP contribution in [0.4, 0.5) is 14.5 Å². The second-order valence-corrected chi connectivity index (χ2v) is 6.06. The van der Waals surface area contributed by atoms with Crippen LogP contribution in [0.3, 0.4) is 0 Å². The van der Waals surface area contributed by atoms with E-state index in [1.54, 1.807) is 0 Å². The highest BCUT2D eigenvalue weighted by atomic mass is 19.1. The Morgan fingerprint density at radius 1 is 1.25 bits per heavy atom. The summed E-state index contributed by atoms with van der Waals surface area (Å²) < 4.78 is 33.9. The van der Waals surface area contributed by atoms with Crippen molar-refractivity contribution in [2.45, 2.75) is 6.04 Å². The molecule has 0 spiro atoms. The van der Waals surface area contributed by atoms with Gasteiger partial charge >= 0.3 is 0 Å². The average Bonchev–Trinajstić information content (AvgIpc) is 3.29. The molecular formula is C18H12F2N4O4. The minimum absolute atomic E-state index is 0.0233. The molecule has 1 N–H and O–H groups in total. The first-order valence-corrected chi connectivity index (χ1v) is 8.15. The number of carbonyl (C=O) groups is 1. The maximum absolute atomic E-state index is 14.0. The number of nitro groups is 1. The molecule has 0 fully saturated rings. The number of non-ortho nitro benzene ring substituents is 1. The summed E-state index contributed by atoms with van der Waals surface area (Å²) in [5, 5.41) is 17.4. The van der Waals surface area contributed by atoms with Gasteiger partial charge in [0.05, 0.1) is 22.2 Å². The van der Waals surface area contributed by atoms with Crippen molar-refractivity contribution in [2.75, 3.05) is 6.61 Å². The molecule has 1 amide bonds. The molecular weight excluding hydrogens is 374 g/mol. The fourth-order valence-corrected chi connectivity index (χ4v) is 2.94. The summed E-state index contributed by atoms with van der Waals surface area (Å²) in [4.78, 5) is 22.6. The molecule has 2 aromatic carbocycles. The third kappa shape index (κ3) is 3.15. The number of halogens is 2. The van der Waals surface area contributed by atoms with Gasteiger partial charge in [-0.1, -0.05) is 0 Å². The second-order valence-electron chi connectivity index (χ2n) is 6.06. The molecule has 28 heavy (non-hydrogen) atoms. The number of nitrogens with zero attached hydrogens (tertiary/aromatic N) is 3. The lowest BCUT2D eigenvalue weighted by Gasteiger charge is -2.11. The third-order valence-corrected chi connectivity index (χ3v) is 4.26. The SMILES string of the molecule is O=C(N[C@H]1COc2cc(F)cc(F)c21)c1ccn(-c2ccc([N+](=O)[O-])cc2)n1. The summed E-state index contributed by atoms with van der Waals surface area (Å²) in [6.07, 6.45) is 1.52. The van der Waals surface area contributed by atoms with Crippen LogP contribution in [-0.4, -0.2) is 27.2 Å². The van der Waals surface area contributed by atoms with E-state index in [0.717, 1.165) is 12.1 Å². The summed E-state index contributed by atoms with van der Waals surface area (Å²) in [5.41, 5.74) is 0.617. The van der Waals surface area contributed by atoms with Crippen molar-refractivity contribution in [3.05, 3.63) is 81.7 Å². The molecule has 0 saturated heterocycles. The number of rotatable bonds is 4. The smallest absolute Gasteiger partial charge is 0.272 e. The number of nitro benzene ring substituents is 1. The zero-order chi connectivity index (χ0) is 19.8. The van der Waals surface area contributed by atoms with Crippen molar-refractivity contribution in [1.29, 1.82) is 0 Å². The van der Waals surface area contributed by atoms with Gasteiger partial charge in [0.2, 0.25) is 0 Å². The van der Waals surface area contributed by atoms with Crippen LogP contribution >= 0.6 is 0 Å². The van der Waals surface area contributed by atoms with Crippen LogP contribution in [0.15, 0.2) is 48.7 Å². The number of ether oxygens (including phenoxy) is 1. The molecule has 142 valence electrons. The molecule has 1 aliphatic rings. The van der Waals surface area contributed by atoms with Gasteiger partial charge in [0.25, 0.3) is 11.6 Å². The Bertz CT molecular complexity index is 1080. The normalized spacial score (nSPS) is 15.0. The predicted octanol–water partition coefficient (Wildman–Crippen LogP) is 2.92. The van der Waals surface area contributed by atoms with Gasteiger partial charge in [-0.25, -0.2) is 13.5 Å². The first-order valence-electron chi connectivity index (χ1n) is 8.15. The van der Waals surface area contributed by atoms with Crippen LogP contribution in [0.2, 0.25) is 0 Å². The van der Waals surface area contributed by atoms with E-state index < -0.39 is 28.5 Å². The van der Waals surface area contributed by atoms with Gasteiger partial charge in [0.1, 0.15) is 24.0 Å². The number of benzene rings is 2. The Labute approximate surface area is 156 Å². The average molecular weight is 386 g/mol. The lowest BCUT2D eigenvalue weighted by atomic mass is 10.1. The Hall–Kier alpha value is -3.82.